The molecular formula is C17H22N2O3S3. The molecule has 0 aliphatic rings. The van der Waals surface area contributed by atoms with Crippen molar-refractivity contribution in [3.8, 4) is 0 Å². The number of hydrogen-bond donors (Lipinski definition) is 2. The average molecular weight is 399 g/mol. The van der Waals surface area contributed by atoms with Crippen LogP contribution in [0.15, 0.2) is 46.0 Å². The van der Waals surface area contributed by atoms with E-state index in [0.717, 1.165) is 15.3 Å². The molecule has 2 rings (SSSR count). The minimum atomic E-state index is -3.32. The Balaban J connectivity index is 1.79. The van der Waals surface area contributed by atoms with E-state index in [-0.39, 0.29) is 17.7 Å². The van der Waals surface area contributed by atoms with Crippen LogP contribution in [0.25, 0.3) is 0 Å². The molecule has 0 radical (unpaired) electrons. The molecule has 0 aliphatic carbocycles. The second-order valence-electron chi connectivity index (χ2n) is 5.85. The molecule has 8 heteroatoms. The third-order valence-corrected chi connectivity index (χ3v) is 6.80. The van der Waals surface area contributed by atoms with Gasteiger partial charge in [-0.15, -0.1) is 23.1 Å². The van der Waals surface area contributed by atoms with Gasteiger partial charge in [0.15, 0.2) is 0 Å². The van der Waals surface area contributed by atoms with Crippen LogP contribution in [0, 0.1) is 0 Å². The van der Waals surface area contributed by atoms with Gasteiger partial charge in [-0.2, -0.15) is 0 Å². The number of thioether (sulfide) groups is 1. The molecule has 5 nitrogen and oxygen atoms in total. The van der Waals surface area contributed by atoms with Gasteiger partial charge in [-0.25, -0.2) is 13.1 Å². The molecule has 1 aromatic carbocycles. The van der Waals surface area contributed by atoms with E-state index in [2.05, 4.69) is 10.0 Å². The summed E-state index contributed by atoms with van der Waals surface area (Å²) in [6, 6.07) is 11.1. The summed E-state index contributed by atoms with van der Waals surface area (Å²) in [6.07, 6.45) is 0. The van der Waals surface area contributed by atoms with Crippen molar-refractivity contribution in [3.05, 3.63) is 52.9 Å². The summed E-state index contributed by atoms with van der Waals surface area (Å²) in [7, 11) is -3.32. The number of amides is 1. The number of thiophene rings is 1. The molecule has 0 saturated carbocycles. The van der Waals surface area contributed by atoms with Crippen molar-refractivity contribution in [2.75, 3.05) is 5.75 Å². The lowest BCUT2D eigenvalue weighted by atomic mass is 10.1. The van der Waals surface area contributed by atoms with Crippen molar-refractivity contribution in [2.45, 2.75) is 36.4 Å². The molecule has 1 heterocycles. The first-order chi connectivity index (χ1) is 11.8. The van der Waals surface area contributed by atoms with E-state index in [1.807, 2.05) is 29.6 Å². The van der Waals surface area contributed by atoms with Gasteiger partial charge in [0.25, 0.3) is 0 Å². The lowest BCUT2D eigenvalue weighted by Crippen LogP contribution is -2.31. The van der Waals surface area contributed by atoms with Crippen LogP contribution in [-0.4, -0.2) is 26.1 Å². The SMILES string of the molecule is CC(C)NS(=O)(=O)Cc1ccc(CNC(=O)CSc2cccs2)cc1. The van der Waals surface area contributed by atoms with Crippen LogP contribution in [-0.2, 0) is 27.1 Å². The Kier molecular flexibility index (Phi) is 7.49. The molecular weight excluding hydrogens is 376 g/mol. The van der Waals surface area contributed by atoms with Gasteiger partial charge in [-0.3, -0.25) is 4.79 Å². The van der Waals surface area contributed by atoms with Gasteiger partial charge in [-0.05, 0) is 36.4 Å². The molecule has 0 spiro atoms. The summed E-state index contributed by atoms with van der Waals surface area (Å²) in [5, 5.41) is 4.85. The Hall–Kier alpha value is -1.35. The third-order valence-electron chi connectivity index (χ3n) is 3.13. The van der Waals surface area contributed by atoms with Crippen LogP contribution in [0.5, 0.6) is 0 Å². The van der Waals surface area contributed by atoms with Gasteiger partial charge in [0.05, 0.1) is 15.7 Å². The van der Waals surface area contributed by atoms with E-state index in [1.54, 1.807) is 37.3 Å². The van der Waals surface area contributed by atoms with Gasteiger partial charge in [0.1, 0.15) is 0 Å². The Morgan fingerprint density at radius 2 is 1.84 bits per heavy atom. The highest BCUT2D eigenvalue weighted by atomic mass is 32.2. The van der Waals surface area contributed by atoms with Crippen molar-refractivity contribution in [3.63, 3.8) is 0 Å². The number of benzene rings is 1. The maximum absolute atomic E-state index is 11.9. The van der Waals surface area contributed by atoms with Crippen LogP contribution in [0.1, 0.15) is 25.0 Å². The molecule has 0 fully saturated rings. The van der Waals surface area contributed by atoms with E-state index in [9.17, 15) is 13.2 Å². The van der Waals surface area contributed by atoms with E-state index in [4.69, 9.17) is 0 Å². The predicted octanol–water partition coefficient (Wildman–Crippen LogP) is 2.98. The van der Waals surface area contributed by atoms with Gasteiger partial charge < -0.3 is 5.32 Å². The first-order valence-corrected chi connectivity index (χ1v) is 11.4. The molecule has 0 unspecified atom stereocenters. The van der Waals surface area contributed by atoms with Crippen LogP contribution in [0.2, 0.25) is 0 Å². The third kappa shape index (κ3) is 7.60. The first-order valence-electron chi connectivity index (χ1n) is 7.85. The Morgan fingerprint density at radius 1 is 1.16 bits per heavy atom. The van der Waals surface area contributed by atoms with E-state index >= 15 is 0 Å². The van der Waals surface area contributed by atoms with Crippen LogP contribution >= 0.6 is 23.1 Å². The highest BCUT2D eigenvalue weighted by molar-refractivity contribution is 8.01. The minimum absolute atomic E-state index is 0.0220. The molecule has 25 heavy (non-hydrogen) atoms. The first kappa shape index (κ1) is 20.0. The van der Waals surface area contributed by atoms with Crippen molar-refractivity contribution >= 4 is 39.0 Å². The zero-order valence-electron chi connectivity index (χ0n) is 14.2. The fourth-order valence-electron chi connectivity index (χ4n) is 2.11. The predicted molar refractivity (Wildman–Crippen MR) is 104 cm³/mol. The molecule has 1 amide bonds. The van der Waals surface area contributed by atoms with Gasteiger partial charge in [0, 0.05) is 12.6 Å². The highest BCUT2D eigenvalue weighted by Crippen LogP contribution is 2.22. The summed E-state index contributed by atoms with van der Waals surface area (Å²) in [5.74, 6) is 0.318. The largest absolute Gasteiger partial charge is 0.351 e. The minimum Gasteiger partial charge on any atom is -0.351 e. The quantitative estimate of drug-likeness (QED) is 0.637. The molecule has 0 atom stereocenters. The zero-order chi connectivity index (χ0) is 18.3. The van der Waals surface area contributed by atoms with E-state index in [0.29, 0.717) is 12.3 Å². The Labute approximate surface area is 157 Å². The molecule has 136 valence electrons. The summed E-state index contributed by atoms with van der Waals surface area (Å²) in [4.78, 5) is 11.9. The second-order valence-corrected chi connectivity index (χ2v) is 9.82. The molecule has 2 N–H and O–H groups in total. The average Bonchev–Trinajstić information content (AvgIpc) is 3.04. The fourth-order valence-corrected chi connectivity index (χ4v) is 5.15. The summed E-state index contributed by atoms with van der Waals surface area (Å²) < 4.78 is 27.5. The lowest BCUT2D eigenvalue weighted by Gasteiger charge is -2.10. The Bertz CT molecular complexity index is 770. The maximum Gasteiger partial charge on any atom is 0.230 e. The number of hydrogen-bond acceptors (Lipinski definition) is 5. The number of carbonyl (C=O) groups is 1. The van der Waals surface area contributed by atoms with E-state index < -0.39 is 10.0 Å². The molecule has 0 saturated heterocycles. The topological polar surface area (TPSA) is 75.3 Å². The monoisotopic (exact) mass is 398 g/mol. The summed E-state index contributed by atoms with van der Waals surface area (Å²) in [6.45, 7) is 4.02. The zero-order valence-corrected chi connectivity index (χ0v) is 16.6. The van der Waals surface area contributed by atoms with Gasteiger partial charge in [-0.1, -0.05) is 30.3 Å². The van der Waals surface area contributed by atoms with Gasteiger partial charge >= 0.3 is 0 Å². The van der Waals surface area contributed by atoms with Crippen LogP contribution < -0.4 is 10.0 Å². The molecule has 1 aromatic heterocycles. The number of rotatable bonds is 9. The lowest BCUT2D eigenvalue weighted by molar-refractivity contribution is -0.118. The fraction of sp³-hybridized carbons (Fsp3) is 0.353. The molecule has 2 aromatic rings. The maximum atomic E-state index is 11.9. The standard InChI is InChI=1S/C17H22N2O3S3/c1-13(2)19-25(21,22)12-15-7-5-14(6-8-15)10-18-16(20)11-24-17-4-3-9-23-17/h3-9,13,19H,10-12H2,1-2H3,(H,18,20). The summed E-state index contributed by atoms with van der Waals surface area (Å²) >= 11 is 3.13. The smallest absolute Gasteiger partial charge is 0.230 e. The van der Waals surface area contributed by atoms with Crippen molar-refractivity contribution < 1.29 is 13.2 Å². The molecule has 0 bridgehead atoms. The number of nitrogens with one attached hydrogen (secondary N) is 2. The molecule has 0 aliphatic heterocycles. The normalized spacial score (nSPS) is 11.6. The summed E-state index contributed by atoms with van der Waals surface area (Å²) in [5.41, 5.74) is 1.66. The number of carbonyl (C=O) groups excluding carboxylic acids is 1. The van der Waals surface area contributed by atoms with Crippen molar-refractivity contribution in [1.82, 2.24) is 10.0 Å². The van der Waals surface area contributed by atoms with Crippen molar-refractivity contribution in [1.29, 1.82) is 0 Å². The van der Waals surface area contributed by atoms with Gasteiger partial charge in [0.2, 0.25) is 15.9 Å². The van der Waals surface area contributed by atoms with Crippen LogP contribution in [0.3, 0.4) is 0 Å². The highest BCUT2D eigenvalue weighted by Gasteiger charge is 2.12. The van der Waals surface area contributed by atoms with E-state index in [1.165, 1.54) is 11.8 Å². The Morgan fingerprint density at radius 3 is 2.44 bits per heavy atom. The van der Waals surface area contributed by atoms with Crippen LogP contribution in [0.4, 0.5) is 0 Å². The number of sulfonamides is 1. The second kappa shape index (κ2) is 9.38. The van der Waals surface area contributed by atoms with Crippen molar-refractivity contribution in [2.24, 2.45) is 0 Å².